The Morgan fingerprint density at radius 3 is 2.76 bits per heavy atom. The van der Waals surface area contributed by atoms with Crippen LogP contribution in [0, 0.1) is 11.8 Å². The van der Waals surface area contributed by atoms with E-state index in [-0.39, 0.29) is 17.9 Å². The van der Waals surface area contributed by atoms with Crippen molar-refractivity contribution in [1.82, 2.24) is 0 Å². The van der Waals surface area contributed by atoms with Gasteiger partial charge in [0.2, 0.25) is 11.8 Å². The summed E-state index contributed by atoms with van der Waals surface area (Å²) < 4.78 is 6.51. The summed E-state index contributed by atoms with van der Waals surface area (Å²) in [6.45, 7) is 1.86. The highest BCUT2D eigenvalue weighted by atomic mass is 79.9. The predicted octanol–water partition coefficient (Wildman–Crippen LogP) is 2.94. The Bertz CT molecular complexity index is 719. The van der Waals surface area contributed by atoms with E-state index in [1.54, 1.807) is 18.2 Å². The minimum atomic E-state index is -0.671. The molecule has 2 saturated heterocycles. The number of hydrogen-bond acceptors (Lipinski definition) is 3. The quantitative estimate of drug-likeness (QED) is 0.565. The molecule has 2 amide bonds. The van der Waals surface area contributed by atoms with Crippen LogP contribution in [0.3, 0.4) is 0 Å². The van der Waals surface area contributed by atoms with Gasteiger partial charge in [0.25, 0.3) is 0 Å². The van der Waals surface area contributed by atoms with Crippen molar-refractivity contribution in [3.63, 3.8) is 0 Å². The SMILES string of the molecule is C[C@@]12C=C[C@@H](O1)[C@H]1C(=O)N(c3ccc(Br)c(Cl)c3)C(=O)[C@H]12. The van der Waals surface area contributed by atoms with E-state index in [0.29, 0.717) is 10.7 Å². The summed E-state index contributed by atoms with van der Waals surface area (Å²) in [6.07, 6.45) is 3.47. The Hall–Kier alpha value is -1.17. The van der Waals surface area contributed by atoms with Gasteiger partial charge in [0.05, 0.1) is 34.3 Å². The number of fused-ring (bicyclic) bond motifs is 5. The van der Waals surface area contributed by atoms with Gasteiger partial charge in [-0.25, -0.2) is 4.90 Å². The molecule has 0 radical (unpaired) electrons. The number of carbonyl (C=O) groups is 2. The number of ether oxygens (including phenoxy) is 1. The van der Waals surface area contributed by atoms with Gasteiger partial charge in [0.15, 0.2) is 0 Å². The molecule has 6 heteroatoms. The summed E-state index contributed by atoms with van der Waals surface area (Å²) in [7, 11) is 0. The molecule has 0 saturated carbocycles. The summed E-state index contributed by atoms with van der Waals surface area (Å²) in [5, 5.41) is 0.466. The standard InChI is InChI=1S/C15H11BrClNO3/c1-15-5-4-10(21-15)11-12(15)14(20)18(13(11)19)7-2-3-8(16)9(17)6-7/h2-6,10-12H,1H3/t10-,11-,12+,15+/m1/s1. The van der Waals surface area contributed by atoms with Crippen LogP contribution in [-0.2, 0) is 14.3 Å². The highest BCUT2D eigenvalue weighted by Gasteiger charge is 2.66. The number of amides is 2. The van der Waals surface area contributed by atoms with E-state index < -0.39 is 17.4 Å². The van der Waals surface area contributed by atoms with Crippen molar-refractivity contribution in [3.05, 3.63) is 39.8 Å². The number of nitrogens with zero attached hydrogens (tertiary/aromatic N) is 1. The zero-order valence-electron chi connectivity index (χ0n) is 11.0. The summed E-state index contributed by atoms with van der Waals surface area (Å²) in [5.74, 6) is -1.28. The highest BCUT2D eigenvalue weighted by molar-refractivity contribution is 9.10. The third kappa shape index (κ3) is 1.65. The summed E-state index contributed by atoms with van der Waals surface area (Å²) in [4.78, 5) is 26.6. The summed E-state index contributed by atoms with van der Waals surface area (Å²) >= 11 is 9.38. The minimum Gasteiger partial charge on any atom is -0.362 e. The molecule has 21 heavy (non-hydrogen) atoms. The first-order valence-electron chi connectivity index (χ1n) is 6.62. The molecule has 0 aromatic heterocycles. The smallest absolute Gasteiger partial charge is 0.241 e. The molecule has 4 nitrogen and oxygen atoms in total. The van der Waals surface area contributed by atoms with Gasteiger partial charge in [-0.05, 0) is 41.1 Å². The van der Waals surface area contributed by atoms with Gasteiger partial charge in [-0.1, -0.05) is 23.8 Å². The molecule has 0 aliphatic carbocycles. The molecular formula is C15H11BrClNO3. The van der Waals surface area contributed by atoms with E-state index >= 15 is 0 Å². The van der Waals surface area contributed by atoms with Gasteiger partial charge >= 0.3 is 0 Å². The lowest BCUT2D eigenvalue weighted by Gasteiger charge is -2.24. The monoisotopic (exact) mass is 367 g/mol. The maximum atomic E-state index is 12.7. The number of rotatable bonds is 1. The van der Waals surface area contributed by atoms with Crippen LogP contribution in [0.4, 0.5) is 5.69 Å². The Kier molecular flexibility index (Phi) is 2.69. The fraction of sp³-hybridized carbons (Fsp3) is 0.333. The predicted molar refractivity (Wildman–Crippen MR) is 81.0 cm³/mol. The number of halogens is 2. The van der Waals surface area contributed by atoms with E-state index in [1.807, 2.05) is 19.1 Å². The van der Waals surface area contributed by atoms with E-state index in [4.69, 9.17) is 16.3 Å². The first-order valence-corrected chi connectivity index (χ1v) is 7.79. The topological polar surface area (TPSA) is 46.6 Å². The van der Waals surface area contributed by atoms with Gasteiger partial charge in [0, 0.05) is 4.47 Å². The number of hydrogen-bond donors (Lipinski definition) is 0. The van der Waals surface area contributed by atoms with Crippen molar-refractivity contribution in [2.24, 2.45) is 11.8 Å². The molecule has 0 N–H and O–H groups in total. The lowest BCUT2D eigenvalue weighted by Crippen LogP contribution is -2.38. The first-order chi connectivity index (χ1) is 9.92. The molecule has 108 valence electrons. The maximum Gasteiger partial charge on any atom is 0.241 e. The van der Waals surface area contributed by atoms with Crippen molar-refractivity contribution in [1.29, 1.82) is 0 Å². The maximum absolute atomic E-state index is 12.7. The van der Waals surface area contributed by atoms with Crippen molar-refractivity contribution in [2.75, 3.05) is 4.90 Å². The molecule has 3 aliphatic heterocycles. The lowest BCUT2D eigenvalue weighted by atomic mass is 9.78. The van der Waals surface area contributed by atoms with Crippen LogP contribution in [-0.4, -0.2) is 23.5 Å². The average molecular weight is 369 g/mol. The molecule has 1 aromatic carbocycles. The molecule has 0 unspecified atom stereocenters. The molecule has 4 atom stereocenters. The van der Waals surface area contributed by atoms with E-state index in [9.17, 15) is 9.59 Å². The second kappa shape index (κ2) is 4.18. The van der Waals surface area contributed by atoms with Crippen LogP contribution in [0.2, 0.25) is 5.02 Å². The van der Waals surface area contributed by atoms with Gasteiger partial charge in [-0.2, -0.15) is 0 Å². The normalized spacial score (nSPS) is 36.7. The lowest BCUT2D eigenvalue weighted by molar-refractivity contribution is -0.126. The first kappa shape index (κ1) is 13.5. The average Bonchev–Trinajstić information content (AvgIpc) is 3.03. The van der Waals surface area contributed by atoms with Gasteiger partial charge in [-0.3, -0.25) is 9.59 Å². The largest absolute Gasteiger partial charge is 0.362 e. The zero-order valence-corrected chi connectivity index (χ0v) is 13.4. The van der Waals surface area contributed by atoms with Crippen LogP contribution in [0.25, 0.3) is 0 Å². The fourth-order valence-electron chi connectivity index (χ4n) is 3.53. The fourth-order valence-corrected chi connectivity index (χ4v) is 3.95. The number of anilines is 1. The molecule has 0 spiro atoms. The van der Waals surface area contributed by atoms with Crippen molar-refractivity contribution < 1.29 is 14.3 Å². The Morgan fingerprint density at radius 1 is 1.33 bits per heavy atom. The van der Waals surface area contributed by atoms with Gasteiger partial charge in [-0.15, -0.1) is 0 Å². The summed E-state index contributed by atoms with van der Waals surface area (Å²) in [5.41, 5.74) is -0.161. The van der Waals surface area contributed by atoms with E-state index in [0.717, 1.165) is 4.47 Å². The second-order valence-corrected chi connectivity index (χ2v) is 7.00. The van der Waals surface area contributed by atoms with Gasteiger partial charge in [0.1, 0.15) is 0 Å². The molecule has 2 fully saturated rings. The molecule has 1 aromatic rings. The van der Waals surface area contributed by atoms with Gasteiger partial charge < -0.3 is 4.74 Å². The Morgan fingerprint density at radius 2 is 2.10 bits per heavy atom. The number of carbonyl (C=O) groups excluding carboxylic acids is 2. The Balaban J connectivity index is 1.78. The zero-order chi connectivity index (χ0) is 14.9. The van der Waals surface area contributed by atoms with Crippen LogP contribution in [0.1, 0.15) is 6.92 Å². The number of benzene rings is 1. The second-order valence-electron chi connectivity index (χ2n) is 5.74. The molecule has 2 bridgehead atoms. The van der Waals surface area contributed by atoms with Crippen LogP contribution >= 0.6 is 27.5 Å². The van der Waals surface area contributed by atoms with Crippen LogP contribution in [0.15, 0.2) is 34.8 Å². The molecular weight excluding hydrogens is 358 g/mol. The molecule has 3 aliphatic rings. The van der Waals surface area contributed by atoms with Crippen molar-refractivity contribution >= 4 is 45.0 Å². The molecule has 3 heterocycles. The third-order valence-corrected chi connectivity index (χ3v) is 5.72. The Labute approximate surface area is 134 Å². The minimum absolute atomic E-state index is 0.207. The highest BCUT2D eigenvalue weighted by Crippen LogP contribution is 2.52. The summed E-state index contributed by atoms with van der Waals surface area (Å²) in [6, 6.07) is 5.07. The van der Waals surface area contributed by atoms with Crippen molar-refractivity contribution in [3.8, 4) is 0 Å². The van der Waals surface area contributed by atoms with Crippen LogP contribution < -0.4 is 4.90 Å². The van der Waals surface area contributed by atoms with Crippen molar-refractivity contribution in [2.45, 2.75) is 18.6 Å². The van der Waals surface area contributed by atoms with E-state index in [1.165, 1.54) is 4.90 Å². The van der Waals surface area contributed by atoms with E-state index in [2.05, 4.69) is 15.9 Å². The third-order valence-electron chi connectivity index (χ3n) is 4.49. The molecule has 4 rings (SSSR count). The van der Waals surface area contributed by atoms with Crippen LogP contribution in [0.5, 0.6) is 0 Å². The number of imide groups is 1.